The Balaban J connectivity index is 4.40. The van der Waals surface area contributed by atoms with Gasteiger partial charge in [0, 0.05) is 10.00 Å². The Hall–Kier alpha value is -0.260. The Kier molecular flexibility index (Phi) is 4.91. The van der Waals surface area contributed by atoms with Gasteiger partial charge in [-0.2, -0.15) is 0 Å². The molecule has 0 aliphatic heterocycles. The third kappa shape index (κ3) is 3.86. The molecule has 0 rings (SSSR count). The first kappa shape index (κ1) is 13.7. The average Bonchev–Trinajstić information content (AvgIpc) is 2.01. The second kappa shape index (κ2) is 5.00. The van der Waals surface area contributed by atoms with Gasteiger partial charge < -0.3 is 15.9 Å². The minimum Gasteiger partial charge on any atom is -0.480 e. The number of hydrogen-bond acceptors (Lipinski definition) is 4. The highest BCUT2D eigenvalue weighted by atomic mass is 32.2. The van der Waals surface area contributed by atoms with Crippen molar-refractivity contribution < 1.29 is 15.0 Å². The predicted molar refractivity (Wildman–Crippen MR) is 58.4 cm³/mol. The van der Waals surface area contributed by atoms with Crippen LogP contribution in [-0.4, -0.2) is 38.3 Å². The van der Waals surface area contributed by atoms with E-state index in [1.165, 1.54) is 11.8 Å². The fraction of sp³-hybridized carbons (Fsp3) is 0.889. The van der Waals surface area contributed by atoms with Crippen LogP contribution in [0, 0.1) is 0 Å². The van der Waals surface area contributed by atoms with Gasteiger partial charge in [0.15, 0.2) is 0 Å². The minimum absolute atomic E-state index is 0.0320. The van der Waals surface area contributed by atoms with Crippen LogP contribution in [0.1, 0.15) is 27.7 Å². The molecular weight excluding hydrogens is 202 g/mol. The van der Waals surface area contributed by atoms with Crippen LogP contribution in [0.2, 0.25) is 0 Å². The predicted octanol–water partition coefficient (Wildman–Crippen LogP) is 0.679. The number of aliphatic carboxylic acids is 1. The number of carboxylic acids is 1. The van der Waals surface area contributed by atoms with E-state index in [-0.39, 0.29) is 5.25 Å². The van der Waals surface area contributed by atoms with Crippen molar-refractivity contribution in [3.05, 3.63) is 0 Å². The van der Waals surface area contributed by atoms with Crippen LogP contribution in [0.25, 0.3) is 0 Å². The highest BCUT2D eigenvalue weighted by Crippen LogP contribution is 2.32. The lowest BCUT2D eigenvalue weighted by atomic mass is 10.1. The molecule has 0 heterocycles. The molecule has 84 valence electrons. The molecule has 0 radical (unpaired) electrons. The molecule has 4 N–H and O–H groups in total. The second-order valence-electron chi connectivity index (χ2n) is 3.98. The monoisotopic (exact) mass is 221 g/mol. The van der Waals surface area contributed by atoms with Gasteiger partial charge in [0.05, 0.1) is 6.10 Å². The summed E-state index contributed by atoms with van der Waals surface area (Å²) < 4.78 is -0.581. The molecule has 0 amide bonds. The van der Waals surface area contributed by atoms with Crippen molar-refractivity contribution in [1.29, 1.82) is 0 Å². The van der Waals surface area contributed by atoms with E-state index in [1.807, 2.05) is 6.92 Å². The van der Waals surface area contributed by atoms with Gasteiger partial charge in [-0.3, -0.25) is 4.79 Å². The van der Waals surface area contributed by atoms with Gasteiger partial charge in [0.2, 0.25) is 0 Å². The zero-order valence-corrected chi connectivity index (χ0v) is 9.84. The number of carboxylic acid groups (broad SMARTS) is 1. The first-order chi connectivity index (χ1) is 6.18. The van der Waals surface area contributed by atoms with E-state index in [1.54, 1.807) is 20.8 Å². The highest BCUT2D eigenvalue weighted by molar-refractivity contribution is 8.01. The topological polar surface area (TPSA) is 83.5 Å². The zero-order chi connectivity index (χ0) is 11.5. The maximum Gasteiger partial charge on any atom is 0.321 e. The molecule has 0 aromatic heterocycles. The van der Waals surface area contributed by atoms with Crippen LogP contribution in [0.4, 0.5) is 0 Å². The fourth-order valence-corrected chi connectivity index (χ4v) is 2.35. The van der Waals surface area contributed by atoms with Crippen LogP contribution in [0.15, 0.2) is 0 Å². The molecule has 4 nitrogen and oxygen atoms in total. The average molecular weight is 221 g/mol. The quantitative estimate of drug-likeness (QED) is 0.636. The summed E-state index contributed by atoms with van der Waals surface area (Å²) in [5.74, 6) is -1.01. The molecule has 0 saturated heterocycles. The molecule has 0 aliphatic rings. The zero-order valence-electron chi connectivity index (χ0n) is 9.02. The summed E-state index contributed by atoms with van der Waals surface area (Å²) in [6.07, 6.45) is -0.472. The van der Waals surface area contributed by atoms with Crippen LogP contribution in [0.5, 0.6) is 0 Å². The summed E-state index contributed by atoms with van der Waals surface area (Å²) in [6, 6.07) is -0.923. The first-order valence-corrected chi connectivity index (χ1v) is 5.40. The summed E-state index contributed by atoms with van der Waals surface area (Å²) in [7, 11) is 0. The van der Waals surface area contributed by atoms with Crippen molar-refractivity contribution in [1.82, 2.24) is 0 Å². The van der Waals surface area contributed by atoms with E-state index in [0.29, 0.717) is 0 Å². The molecule has 0 aromatic carbocycles. The Morgan fingerprint density at radius 2 is 1.86 bits per heavy atom. The van der Waals surface area contributed by atoms with Gasteiger partial charge in [-0.25, -0.2) is 0 Å². The van der Waals surface area contributed by atoms with Crippen molar-refractivity contribution in [2.45, 2.75) is 49.8 Å². The normalized spacial score (nSPS) is 18.7. The number of carbonyl (C=O) groups is 1. The van der Waals surface area contributed by atoms with Gasteiger partial charge in [0.1, 0.15) is 6.04 Å². The van der Waals surface area contributed by atoms with Gasteiger partial charge in [-0.15, -0.1) is 11.8 Å². The Morgan fingerprint density at radius 1 is 1.43 bits per heavy atom. The molecule has 5 heteroatoms. The van der Waals surface area contributed by atoms with E-state index < -0.39 is 22.9 Å². The maximum atomic E-state index is 10.7. The van der Waals surface area contributed by atoms with Gasteiger partial charge in [-0.05, 0) is 20.8 Å². The molecule has 0 saturated carbocycles. The van der Waals surface area contributed by atoms with Gasteiger partial charge >= 0.3 is 5.97 Å². The first-order valence-electron chi connectivity index (χ1n) is 4.52. The van der Waals surface area contributed by atoms with Crippen molar-refractivity contribution >= 4 is 17.7 Å². The molecule has 0 spiro atoms. The summed E-state index contributed by atoms with van der Waals surface area (Å²) in [6.45, 7) is 7.08. The summed E-state index contributed by atoms with van der Waals surface area (Å²) in [5, 5.41) is 18.0. The van der Waals surface area contributed by atoms with Crippen molar-refractivity contribution in [2.75, 3.05) is 0 Å². The van der Waals surface area contributed by atoms with Crippen molar-refractivity contribution in [3.8, 4) is 0 Å². The van der Waals surface area contributed by atoms with E-state index in [9.17, 15) is 9.90 Å². The highest BCUT2D eigenvalue weighted by Gasteiger charge is 2.34. The molecule has 0 bridgehead atoms. The van der Waals surface area contributed by atoms with Gasteiger partial charge in [0.25, 0.3) is 0 Å². The SMILES string of the molecule is CC(O)C(C)SC(C)(C)[C@H](N)C(=O)O. The smallest absolute Gasteiger partial charge is 0.321 e. The number of aliphatic hydroxyl groups excluding tert-OH is 1. The number of hydrogen-bond donors (Lipinski definition) is 3. The molecule has 0 aromatic rings. The van der Waals surface area contributed by atoms with Crippen LogP contribution < -0.4 is 5.73 Å². The molecule has 0 aliphatic carbocycles. The number of nitrogens with two attached hydrogens (primary N) is 1. The summed E-state index contributed by atoms with van der Waals surface area (Å²) in [4.78, 5) is 10.7. The molecule has 2 unspecified atom stereocenters. The summed E-state index contributed by atoms with van der Waals surface area (Å²) in [5.41, 5.74) is 5.54. The Morgan fingerprint density at radius 3 is 2.14 bits per heavy atom. The summed E-state index contributed by atoms with van der Waals surface area (Å²) >= 11 is 1.39. The standard InChI is InChI=1S/C9H19NO3S/c1-5(11)6(2)14-9(3,4)7(10)8(12)13/h5-7,11H,10H2,1-4H3,(H,12,13)/t5?,6?,7-/m1/s1. The van der Waals surface area contributed by atoms with Crippen molar-refractivity contribution in [2.24, 2.45) is 5.73 Å². The minimum atomic E-state index is -1.01. The van der Waals surface area contributed by atoms with E-state index >= 15 is 0 Å². The lowest BCUT2D eigenvalue weighted by Gasteiger charge is -2.31. The van der Waals surface area contributed by atoms with Crippen molar-refractivity contribution in [3.63, 3.8) is 0 Å². The van der Waals surface area contributed by atoms with Crippen LogP contribution >= 0.6 is 11.8 Å². The third-order valence-electron chi connectivity index (χ3n) is 2.18. The lowest BCUT2D eigenvalue weighted by molar-refractivity contribution is -0.139. The molecule has 14 heavy (non-hydrogen) atoms. The van der Waals surface area contributed by atoms with Gasteiger partial charge in [-0.1, -0.05) is 6.92 Å². The maximum absolute atomic E-state index is 10.7. The second-order valence-corrected chi connectivity index (χ2v) is 6.01. The van der Waals surface area contributed by atoms with Crippen LogP contribution in [0.3, 0.4) is 0 Å². The number of aliphatic hydroxyl groups is 1. The van der Waals surface area contributed by atoms with E-state index in [0.717, 1.165) is 0 Å². The molecule has 3 atom stereocenters. The largest absolute Gasteiger partial charge is 0.480 e. The molecular formula is C9H19NO3S. The number of thioether (sulfide) groups is 1. The lowest BCUT2D eigenvalue weighted by Crippen LogP contribution is -2.48. The van der Waals surface area contributed by atoms with E-state index in [2.05, 4.69) is 0 Å². The third-order valence-corrected chi connectivity index (χ3v) is 3.81. The Labute approximate surface area is 88.9 Å². The number of rotatable bonds is 5. The fourth-order valence-electron chi connectivity index (χ4n) is 0.948. The Bertz CT molecular complexity index is 206. The van der Waals surface area contributed by atoms with E-state index in [4.69, 9.17) is 10.8 Å². The van der Waals surface area contributed by atoms with Crippen LogP contribution in [-0.2, 0) is 4.79 Å². The molecule has 0 fully saturated rings.